The second-order valence-electron chi connectivity index (χ2n) is 9.29. The molecular weight excluding hydrogens is 367 g/mol. The van der Waals surface area contributed by atoms with Gasteiger partial charge in [0.25, 0.3) is 0 Å². The normalized spacial score (nSPS) is 14.4. The fourth-order valence-electron chi connectivity index (χ4n) is 3.91. The molecule has 0 saturated heterocycles. The first kappa shape index (κ1) is 25.6. The van der Waals surface area contributed by atoms with Gasteiger partial charge in [0, 0.05) is 0 Å². The largest absolute Gasteiger partial charge is 0.328 e. The van der Waals surface area contributed by atoms with E-state index in [-0.39, 0.29) is 11.5 Å². The van der Waals surface area contributed by atoms with Gasteiger partial charge >= 0.3 is 8.60 Å². The third kappa shape index (κ3) is 10.3. The standard InChI is InChI=1S/C24H43O3P/c1-6-7-8-9-10-11-12-13-16-20(2)19-23(27-28(25)26)21-17-14-15-18-22(21)24(3,4)5/h14-15,17-18,20,23,25-26H,6-13,16,19H2,1-5H3. The van der Waals surface area contributed by atoms with Crippen molar-refractivity contribution in [3.8, 4) is 0 Å². The summed E-state index contributed by atoms with van der Waals surface area (Å²) in [5.74, 6) is 0.494. The van der Waals surface area contributed by atoms with Gasteiger partial charge in [0.15, 0.2) is 0 Å². The summed E-state index contributed by atoms with van der Waals surface area (Å²) < 4.78 is 5.60. The molecule has 4 heteroatoms. The van der Waals surface area contributed by atoms with E-state index >= 15 is 0 Å². The van der Waals surface area contributed by atoms with Gasteiger partial charge in [0.05, 0.1) is 6.10 Å². The molecule has 1 aromatic rings. The molecule has 1 aromatic carbocycles. The van der Waals surface area contributed by atoms with Crippen LogP contribution in [0.15, 0.2) is 24.3 Å². The minimum absolute atomic E-state index is 0.00706. The van der Waals surface area contributed by atoms with E-state index in [0.29, 0.717) is 5.92 Å². The van der Waals surface area contributed by atoms with E-state index < -0.39 is 8.60 Å². The van der Waals surface area contributed by atoms with Gasteiger partial charge in [-0.05, 0) is 28.9 Å². The lowest BCUT2D eigenvalue weighted by Crippen LogP contribution is -2.18. The number of unbranched alkanes of at least 4 members (excludes halogenated alkanes) is 7. The first-order chi connectivity index (χ1) is 13.3. The summed E-state index contributed by atoms with van der Waals surface area (Å²) >= 11 is 0. The van der Waals surface area contributed by atoms with Crippen molar-refractivity contribution in [3.63, 3.8) is 0 Å². The molecule has 0 aliphatic rings. The van der Waals surface area contributed by atoms with Gasteiger partial charge in [-0.15, -0.1) is 0 Å². The average molecular weight is 411 g/mol. The van der Waals surface area contributed by atoms with Crippen molar-refractivity contribution >= 4 is 8.60 Å². The van der Waals surface area contributed by atoms with Crippen LogP contribution in [0.4, 0.5) is 0 Å². The molecule has 0 aromatic heterocycles. The van der Waals surface area contributed by atoms with Crippen LogP contribution in [0.3, 0.4) is 0 Å². The predicted molar refractivity (Wildman–Crippen MR) is 121 cm³/mol. The van der Waals surface area contributed by atoms with Crippen LogP contribution < -0.4 is 0 Å². The van der Waals surface area contributed by atoms with E-state index in [1.807, 2.05) is 12.1 Å². The summed E-state index contributed by atoms with van der Waals surface area (Å²) in [7, 11) is -2.37. The van der Waals surface area contributed by atoms with Crippen molar-refractivity contribution < 1.29 is 14.3 Å². The summed E-state index contributed by atoms with van der Waals surface area (Å²) in [6.45, 7) is 11.1. The number of hydrogen-bond donors (Lipinski definition) is 2. The highest BCUT2D eigenvalue weighted by atomic mass is 31.2. The quantitative estimate of drug-likeness (QED) is 0.243. The Labute approximate surface area is 174 Å². The van der Waals surface area contributed by atoms with Crippen LogP contribution in [0, 0.1) is 5.92 Å². The highest BCUT2D eigenvalue weighted by Gasteiger charge is 2.26. The molecule has 0 aliphatic carbocycles. The van der Waals surface area contributed by atoms with Gasteiger partial charge in [-0.25, -0.2) is 0 Å². The zero-order valence-electron chi connectivity index (χ0n) is 18.8. The topological polar surface area (TPSA) is 49.7 Å². The van der Waals surface area contributed by atoms with E-state index in [2.05, 4.69) is 46.8 Å². The smallest absolute Gasteiger partial charge is 0.327 e. The minimum atomic E-state index is -2.37. The fraction of sp³-hybridized carbons (Fsp3) is 0.750. The highest BCUT2D eigenvalue weighted by molar-refractivity contribution is 7.39. The Hall–Kier alpha value is -0.470. The van der Waals surface area contributed by atoms with E-state index in [1.54, 1.807) is 0 Å². The Morgan fingerprint density at radius 3 is 2.07 bits per heavy atom. The van der Waals surface area contributed by atoms with Crippen molar-refractivity contribution in [3.05, 3.63) is 35.4 Å². The van der Waals surface area contributed by atoms with Crippen LogP contribution in [0.25, 0.3) is 0 Å². The van der Waals surface area contributed by atoms with Crippen LogP contribution in [0.1, 0.15) is 116 Å². The van der Waals surface area contributed by atoms with Crippen molar-refractivity contribution in [2.45, 2.75) is 110 Å². The third-order valence-corrected chi connectivity index (χ3v) is 5.95. The maximum Gasteiger partial charge on any atom is 0.327 e. The second-order valence-corrected chi connectivity index (χ2v) is 10.0. The lowest BCUT2D eigenvalue weighted by molar-refractivity contribution is 0.143. The van der Waals surface area contributed by atoms with Gasteiger partial charge < -0.3 is 14.3 Å². The summed E-state index contributed by atoms with van der Waals surface area (Å²) in [6.07, 6.45) is 12.4. The molecule has 2 atom stereocenters. The Kier molecular flexibility index (Phi) is 12.5. The zero-order chi connectivity index (χ0) is 21.0. The summed E-state index contributed by atoms with van der Waals surface area (Å²) in [6, 6.07) is 8.27. The average Bonchev–Trinajstić information content (AvgIpc) is 2.62. The molecule has 162 valence electrons. The first-order valence-electron chi connectivity index (χ1n) is 11.2. The van der Waals surface area contributed by atoms with E-state index in [4.69, 9.17) is 4.52 Å². The molecule has 0 radical (unpaired) electrons. The molecule has 0 saturated carbocycles. The first-order valence-corrected chi connectivity index (χ1v) is 12.4. The number of benzene rings is 1. The molecule has 0 amide bonds. The second kappa shape index (κ2) is 13.7. The monoisotopic (exact) mass is 410 g/mol. The zero-order valence-corrected chi connectivity index (χ0v) is 19.7. The van der Waals surface area contributed by atoms with Crippen LogP contribution >= 0.6 is 8.60 Å². The molecule has 28 heavy (non-hydrogen) atoms. The SMILES string of the molecule is CCCCCCCCCCC(C)CC(OP(O)O)c1ccccc1C(C)(C)C. The molecule has 0 aliphatic heterocycles. The van der Waals surface area contributed by atoms with Gasteiger partial charge in [-0.3, -0.25) is 0 Å². The van der Waals surface area contributed by atoms with Crippen molar-refractivity contribution in [2.24, 2.45) is 5.92 Å². The molecular formula is C24H43O3P. The highest BCUT2D eigenvalue weighted by Crippen LogP contribution is 2.41. The molecule has 0 bridgehead atoms. The van der Waals surface area contributed by atoms with Crippen LogP contribution in [0.2, 0.25) is 0 Å². The van der Waals surface area contributed by atoms with Gasteiger partial charge in [0.2, 0.25) is 0 Å². The third-order valence-electron chi connectivity index (χ3n) is 5.50. The lowest BCUT2D eigenvalue weighted by Gasteiger charge is -2.29. The Balaban J connectivity index is 2.56. The lowest BCUT2D eigenvalue weighted by atomic mass is 9.81. The molecule has 1 rings (SSSR count). The molecule has 3 nitrogen and oxygen atoms in total. The number of rotatable bonds is 14. The Morgan fingerprint density at radius 1 is 0.929 bits per heavy atom. The Bertz CT molecular complexity index is 525. The van der Waals surface area contributed by atoms with E-state index in [1.165, 1.54) is 63.4 Å². The molecule has 2 unspecified atom stereocenters. The van der Waals surface area contributed by atoms with Gasteiger partial charge in [-0.1, -0.05) is 117 Å². The van der Waals surface area contributed by atoms with Crippen molar-refractivity contribution in [2.75, 3.05) is 0 Å². The van der Waals surface area contributed by atoms with Crippen molar-refractivity contribution in [1.82, 2.24) is 0 Å². The molecule has 2 N–H and O–H groups in total. The van der Waals surface area contributed by atoms with Gasteiger partial charge in [0.1, 0.15) is 0 Å². The van der Waals surface area contributed by atoms with Crippen molar-refractivity contribution in [1.29, 1.82) is 0 Å². The fourth-order valence-corrected chi connectivity index (χ4v) is 4.34. The summed E-state index contributed by atoms with van der Waals surface area (Å²) in [5.41, 5.74) is 2.30. The van der Waals surface area contributed by atoms with Crippen LogP contribution in [0.5, 0.6) is 0 Å². The van der Waals surface area contributed by atoms with Crippen LogP contribution in [-0.2, 0) is 9.94 Å². The van der Waals surface area contributed by atoms with Gasteiger partial charge in [-0.2, -0.15) is 0 Å². The van der Waals surface area contributed by atoms with E-state index in [9.17, 15) is 9.79 Å². The number of hydrogen-bond acceptors (Lipinski definition) is 3. The molecule has 0 fully saturated rings. The maximum atomic E-state index is 9.52. The molecule has 0 heterocycles. The predicted octanol–water partition coefficient (Wildman–Crippen LogP) is 7.81. The van der Waals surface area contributed by atoms with E-state index in [0.717, 1.165) is 12.0 Å². The maximum absolute atomic E-state index is 9.52. The minimum Gasteiger partial charge on any atom is -0.328 e. The molecule has 0 spiro atoms. The summed E-state index contributed by atoms with van der Waals surface area (Å²) in [4.78, 5) is 19.0. The Morgan fingerprint density at radius 2 is 1.50 bits per heavy atom. The van der Waals surface area contributed by atoms with Crippen LogP contribution in [-0.4, -0.2) is 9.79 Å². The summed E-state index contributed by atoms with van der Waals surface area (Å²) in [5, 5.41) is 0.